The van der Waals surface area contributed by atoms with E-state index >= 15 is 0 Å². The van der Waals surface area contributed by atoms with E-state index in [1.807, 2.05) is 18.4 Å². The molecule has 15 heavy (non-hydrogen) atoms. The molecule has 0 spiro atoms. The molecule has 2 saturated heterocycles. The number of fused-ring (bicyclic) bond motifs is 2. The van der Waals surface area contributed by atoms with E-state index in [0.717, 1.165) is 12.0 Å². The van der Waals surface area contributed by atoms with Crippen molar-refractivity contribution in [1.82, 2.24) is 5.32 Å². The molecule has 1 aromatic heterocycles. The van der Waals surface area contributed by atoms with Gasteiger partial charge in [0.2, 0.25) is 0 Å². The molecular weight excluding hydrogens is 206 g/mol. The molecule has 3 atom stereocenters. The fourth-order valence-corrected chi connectivity index (χ4v) is 3.66. The van der Waals surface area contributed by atoms with Crippen molar-refractivity contribution in [3.63, 3.8) is 0 Å². The van der Waals surface area contributed by atoms with Crippen molar-refractivity contribution in [2.24, 2.45) is 5.92 Å². The maximum atomic E-state index is 12.3. The molecule has 0 saturated carbocycles. The van der Waals surface area contributed by atoms with Crippen molar-refractivity contribution in [3.05, 3.63) is 21.9 Å². The summed E-state index contributed by atoms with van der Waals surface area (Å²) in [6, 6.07) is 3.05. The normalized spacial score (nSPS) is 33.5. The van der Waals surface area contributed by atoms with Gasteiger partial charge >= 0.3 is 0 Å². The van der Waals surface area contributed by atoms with Gasteiger partial charge in [-0.3, -0.25) is 4.79 Å². The van der Waals surface area contributed by atoms with Crippen LogP contribution in [0.25, 0.3) is 0 Å². The van der Waals surface area contributed by atoms with Gasteiger partial charge in [0.1, 0.15) is 0 Å². The highest BCUT2D eigenvalue weighted by atomic mass is 32.1. The monoisotopic (exact) mass is 221 g/mol. The van der Waals surface area contributed by atoms with Crippen molar-refractivity contribution in [2.75, 3.05) is 0 Å². The number of hydrogen-bond donors (Lipinski definition) is 1. The molecule has 0 aromatic carbocycles. The highest BCUT2D eigenvalue weighted by Crippen LogP contribution is 2.36. The smallest absolute Gasteiger partial charge is 0.168 e. The summed E-state index contributed by atoms with van der Waals surface area (Å²) in [5.74, 6) is 0.616. The first-order valence-electron chi connectivity index (χ1n) is 5.60. The molecule has 2 bridgehead atoms. The van der Waals surface area contributed by atoms with Crippen LogP contribution in [0.4, 0.5) is 0 Å². The summed E-state index contributed by atoms with van der Waals surface area (Å²) in [6.07, 6.45) is 3.50. The number of carbonyl (C=O) groups excluding carboxylic acids is 1. The molecule has 1 N–H and O–H groups in total. The molecule has 3 unspecified atom stereocenters. The third kappa shape index (κ3) is 1.45. The van der Waals surface area contributed by atoms with Gasteiger partial charge in [-0.2, -0.15) is 0 Å². The van der Waals surface area contributed by atoms with E-state index in [0.29, 0.717) is 17.9 Å². The Bertz CT molecular complexity index is 398. The third-order valence-electron chi connectivity index (χ3n) is 3.76. The Morgan fingerprint density at radius 2 is 2.40 bits per heavy atom. The van der Waals surface area contributed by atoms with E-state index in [1.54, 1.807) is 11.3 Å². The minimum Gasteiger partial charge on any atom is -0.310 e. The van der Waals surface area contributed by atoms with Crippen LogP contribution in [0.15, 0.2) is 11.4 Å². The first-order chi connectivity index (χ1) is 7.25. The first kappa shape index (κ1) is 9.55. The van der Waals surface area contributed by atoms with Gasteiger partial charge in [0, 0.05) is 28.4 Å². The van der Waals surface area contributed by atoms with Gasteiger partial charge in [-0.15, -0.1) is 11.3 Å². The van der Waals surface area contributed by atoms with Crippen LogP contribution in [0.3, 0.4) is 0 Å². The standard InChI is InChI=1S/C12H15NOS/c1-7-9(4-5-15-7)12(14)10-6-8-2-3-11(10)13-8/h4-5,8,10-11,13H,2-3,6H2,1H3. The minimum absolute atomic E-state index is 0.247. The summed E-state index contributed by atoms with van der Waals surface area (Å²) in [4.78, 5) is 13.5. The SMILES string of the molecule is Cc1sccc1C(=O)C1CC2CCC1N2. The van der Waals surface area contributed by atoms with E-state index in [-0.39, 0.29) is 5.92 Å². The van der Waals surface area contributed by atoms with Crippen LogP contribution in [0.5, 0.6) is 0 Å². The quantitative estimate of drug-likeness (QED) is 0.777. The zero-order valence-electron chi connectivity index (χ0n) is 8.82. The average molecular weight is 221 g/mol. The Kier molecular flexibility index (Phi) is 2.18. The number of nitrogens with one attached hydrogen (secondary N) is 1. The van der Waals surface area contributed by atoms with Crippen LogP contribution < -0.4 is 5.32 Å². The second-order valence-corrected chi connectivity index (χ2v) is 5.76. The minimum atomic E-state index is 0.247. The van der Waals surface area contributed by atoms with Crippen molar-refractivity contribution in [1.29, 1.82) is 0 Å². The van der Waals surface area contributed by atoms with Crippen LogP contribution in [-0.2, 0) is 0 Å². The largest absolute Gasteiger partial charge is 0.310 e. The Morgan fingerprint density at radius 3 is 2.93 bits per heavy atom. The van der Waals surface area contributed by atoms with Crippen LogP contribution in [0.1, 0.15) is 34.5 Å². The zero-order valence-corrected chi connectivity index (χ0v) is 9.64. The van der Waals surface area contributed by atoms with E-state index in [2.05, 4.69) is 5.32 Å². The lowest BCUT2D eigenvalue weighted by Gasteiger charge is -2.18. The molecule has 0 radical (unpaired) electrons. The number of aryl methyl sites for hydroxylation is 1. The predicted octanol–water partition coefficient (Wildman–Crippen LogP) is 2.38. The van der Waals surface area contributed by atoms with E-state index < -0.39 is 0 Å². The average Bonchev–Trinajstić information content (AvgIpc) is 2.91. The van der Waals surface area contributed by atoms with Crippen LogP contribution >= 0.6 is 11.3 Å². The van der Waals surface area contributed by atoms with Crippen LogP contribution in [0, 0.1) is 12.8 Å². The lowest BCUT2D eigenvalue weighted by atomic mass is 9.84. The van der Waals surface area contributed by atoms with Crippen molar-refractivity contribution >= 4 is 17.1 Å². The molecular formula is C12H15NOS. The number of Topliss-reactive ketones (excluding diaryl/α,β-unsaturated/α-hetero) is 1. The summed E-state index contributed by atoms with van der Waals surface area (Å²) in [6.45, 7) is 2.04. The maximum Gasteiger partial charge on any atom is 0.168 e. The summed E-state index contributed by atoms with van der Waals surface area (Å²) in [5, 5.41) is 5.54. The van der Waals surface area contributed by atoms with Crippen LogP contribution in [0.2, 0.25) is 0 Å². The molecule has 0 aliphatic carbocycles. The number of hydrogen-bond acceptors (Lipinski definition) is 3. The summed E-state index contributed by atoms with van der Waals surface area (Å²) < 4.78 is 0. The van der Waals surface area contributed by atoms with Crippen molar-refractivity contribution in [2.45, 2.75) is 38.3 Å². The molecule has 2 aliphatic heterocycles. The maximum absolute atomic E-state index is 12.3. The van der Waals surface area contributed by atoms with Gasteiger partial charge in [-0.1, -0.05) is 0 Å². The topological polar surface area (TPSA) is 29.1 Å². The Balaban J connectivity index is 1.84. The molecule has 80 valence electrons. The second-order valence-electron chi connectivity index (χ2n) is 4.64. The number of thiophene rings is 1. The first-order valence-corrected chi connectivity index (χ1v) is 6.48. The number of rotatable bonds is 2. The summed E-state index contributed by atoms with van der Waals surface area (Å²) >= 11 is 1.67. The second kappa shape index (κ2) is 3.42. The molecule has 0 amide bonds. The van der Waals surface area contributed by atoms with Crippen molar-refractivity contribution < 1.29 is 4.79 Å². The lowest BCUT2D eigenvalue weighted by molar-refractivity contribution is 0.0901. The number of carbonyl (C=O) groups is 1. The molecule has 2 fully saturated rings. The van der Waals surface area contributed by atoms with Gasteiger partial charge in [0.15, 0.2) is 5.78 Å². The number of ketones is 1. The highest BCUT2D eigenvalue weighted by molar-refractivity contribution is 7.10. The van der Waals surface area contributed by atoms with Crippen molar-refractivity contribution in [3.8, 4) is 0 Å². The molecule has 2 aliphatic rings. The van der Waals surface area contributed by atoms with Gasteiger partial charge in [-0.25, -0.2) is 0 Å². The zero-order chi connectivity index (χ0) is 10.4. The lowest BCUT2D eigenvalue weighted by Crippen LogP contribution is -2.28. The summed E-state index contributed by atoms with van der Waals surface area (Å²) in [7, 11) is 0. The predicted molar refractivity (Wildman–Crippen MR) is 61.4 cm³/mol. The van der Waals surface area contributed by atoms with E-state index in [1.165, 1.54) is 17.7 Å². The van der Waals surface area contributed by atoms with Gasteiger partial charge in [-0.05, 0) is 37.6 Å². The third-order valence-corrected chi connectivity index (χ3v) is 4.61. The summed E-state index contributed by atoms with van der Waals surface area (Å²) in [5.41, 5.74) is 0.958. The van der Waals surface area contributed by atoms with Crippen LogP contribution in [-0.4, -0.2) is 17.9 Å². The van der Waals surface area contributed by atoms with E-state index in [4.69, 9.17) is 0 Å². The fraction of sp³-hybridized carbons (Fsp3) is 0.583. The van der Waals surface area contributed by atoms with Gasteiger partial charge in [0.05, 0.1) is 0 Å². The molecule has 2 nitrogen and oxygen atoms in total. The van der Waals surface area contributed by atoms with Gasteiger partial charge < -0.3 is 5.32 Å². The molecule has 3 heterocycles. The molecule has 3 rings (SSSR count). The molecule has 3 heteroatoms. The highest BCUT2D eigenvalue weighted by Gasteiger charge is 2.43. The Labute approximate surface area is 93.7 Å². The van der Waals surface area contributed by atoms with E-state index in [9.17, 15) is 4.79 Å². The fourth-order valence-electron chi connectivity index (χ4n) is 2.95. The Hall–Kier alpha value is -0.670. The van der Waals surface area contributed by atoms with Gasteiger partial charge in [0.25, 0.3) is 0 Å². The molecule has 1 aromatic rings. The Morgan fingerprint density at radius 1 is 1.53 bits per heavy atom.